The number of phenols is 1. The quantitative estimate of drug-likeness (QED) is 0.589. The molecule has 1 amide bonds. The normalized spacial score (nSPS) is 12.2. The average Bonchev–Trinajstić information content (AvgIpc) is 2.48. The molecule has 0 aliphatic heterocycles. The van der Waals surface area contributed by atoms with Gasteiger partial charge >= 0.3 is 12.4 Å². The fourth-order valence-corrected chi connectivity index (χ4v) is 2.49. The fraction of sp³-hybridized carbons (Fsp3) is 0.133. The van der Waals surface area contributed by atoms with E-state index in [0.717, 1.165) is 12.1 Å². The van der Waals surface area contributed by atoms with Crippen LogP contribution < -0.4 is 5.32 Å². The number of benzene rings is 2. The smallest absolute Gasteiger partial charge is 0.417 e. The Morgan fingerprint density at radius 1 is 0.923 bits per heavy atom. The molecule has 2 N–H and O–H groups in total. The minimum atomic E-state index is -5.18. The topological polar surface area (TPSA) is 49.3 Å². The van der Waals surface area contributed by atoms with Crippen LogP contribution in [0.3, 0.4) is 0 Å². The van der Waals surface area contributed by atoms with Crippen molar-refractivity contribution in [1.29, 1.82) is 0 Å². The van der Waals surface area contributed by atoms with Crippen molar-refractivity contribution in [2.75, 3.05) is 5.32 Å². The molecule has 26 heavy (non-hydrogen) atoms. The van der Waals surface area contributed by atoms with E-state index in [1.165, 1.54) is 6.07 Å². The monoisotopic (exact) mass is 417 g/mol. The molecule has 0 radical (unpaired) electrons. The van der Waals surface area contributed by atoms with Crippen LogP contribution in [0.15, 0.2) is 30.3 Å². The molecule has 0 spiro atoms. The Bertz CT molecular complexity index is 829. The first kappa shape index (κ1) is 20.2. The number of hydrogen-bond acceptors (Lipinski definition) is 2. The van der Waals surface area contributed by atoms with Crippen LogP contribution in [0.4, 0.5) is 32.0 Å². The van der Waals surface area contributed by atoms with E-state index in [2.05, 4.69) is 0 Å². The molecule has 140 valence electrons. The van der Waals surface area contributed by atoms with Crippen LogP contribution >= 0.6 is 23.2 Å². The third kappa shape index (κ3) is 4.34. The third-order valence-corrected chi connectivity index (χ3v) is 3.79. The summed E-state index contributed by atoms with van der Waals surface area (Å²) in [7, 11) is 0. The summed E-state index contributed by atoms with van der Waals surface area (Å²) in [6.07, 6.45) is -10.4. The fourth-order valence-electron chi connectivity index (χ4n) is 2.00. The van der Waals surface area contributed by atoms with Gasteiger partial charge in [-0.1, -0.05) is 23.2 Å². The van der Waals surface area contributed by atoms with Gasteiger partial charge in [-0.05, 0) is 30.3 Å². The van der Waals surface area contributed by atoms with E-state index >= 15 is 0 Å². The molecule has 0 heterocycles. The Hall–Kier alpha value is -2.13. The highest BCUT2D eigenvalue weighted by Gasteiger charge is 2.41. The van der Waals surface area contributed by atoms with Crippen LogP contribution in [0.1, 0.15) is 21.5 Å². The van der Waals surface area contributed by atoms with E-state index in [9.17, 15) is 36.2 Å². The summed E-state index contributed by atoms with van der Waals surface area (Å²) in [4.78, 5) is 12.1. The zero-order chi connectivity index (χ0) is 19.9. The number of amides is 1. The van der Waals surface area contributed by atoms with Crippen molar-refractivity contribution in [3.05, 3.63) is 57.1 Å². The second-order valence-electron chi connectivity index (χ2n) is 5.00. The Balaban J connectivity index is 2.53. The van der Waals surface area contributed by atoms with Gasteiger partial charge in [-0.25, -0.2) is 0 Å². The van der Waals surface area contributed by atoms with Crippen LogP contribution in [0.5, 0.6) is 5.75 Å². The number of rotatable bonds is 2. The number of carbonyl (C=O) groups is 1. The Morgan fingerprint density at radius 3 is 1.88 bits per heavy atom. The minimum Gasteiger partial charge on any atom is -0.507 e. The number of alkyl halides is 6. The highest BCUT2D eigenvalue weighted by atomic mass is 35.5. The molecule has 0 fully saturated rings. The molecular weight excluding hydrogens is 411 g/mol. The van der Waals surface area contributed by atoms with E-state index < -0.39 is 51.4 Å². The first-order valence-electron chi connectivity index (χ1n) is 6.58. The predicted octanol–water partition coefficient (Wildman–Crippen LogP) is 5.99. The number of anilines is 1. The molecule has 0 aliphatic rings. The molecule has 0 atom stereocenters. The standard InChI is InChI=1S/C15H7Cl2F6NO2/c16-6-1-2-11(25)8(3-6)13(26)24-7-4-9(14(18,19)20)12(17)10(5-7)15(21,22)23/h1-5,25H,(H,24,26). The molecule has 11 heteroatoms. The average molecular weight is 418 g/mol. The summed E-state index contributed by atoms with van der Waals surface area (Å²) in [5.41, 5.74) is -4.77. The summed E-state index contributed by atoms with van der Waals surface area (Å²) >= 11 is 10.9. The largest absolute Gasteiger partial charge is 0.507 e. The van der Waals surface area contributed by atoms with Gasteiger partial charge in [-0.3, -0.25) is 4.79 Å². The summed E-state index contributed by atoms with van der Waals surface area (Å²) < 4.78 is 77.7. The van der Waals surface area contributed by atoms with E-state index in [4.69, 9.17) is 23.2 Å². The molecular formula is C15H7Cl2F6NO2. The first-order valence-corrected chi connectivity index (χ1v) is 7.34. The van der Waals surface area contributed by atoms with Gasteiger partial charge in [-0.15, -0.1) is 0 Å². The molecule has 2 rings (SSSR count). The van der Waals surface area contributed by atoms with Gasteiger partial charge in [0.1, 0.15) is 5.75 Å². The molecule has 0 aliphatic carbocycles. The van der Waals surface area contributed by atoms with Gasteiger partial charge < -0.3 is 10.4 Å². The second kappa shape index (κ2) is 6.88. The van der Waals surface area contributed by atoms with Crippen molar-refractivity contribution < 1.29 is 36.2 Å². The molecule has 0 aromatic heterocycles. The highest BCUT2D eigenvalue weighted by Crippen LogP contribution is 2.44. The lowest BCUT2D eigenvalue weighted by Gasteiger charge is -2.17. The van der Waals surface area contributed by atoms with Crippen molar-refractivity contribution in [3.63, 3.8) is 0 Å². The maximum absolute atomic E-state index is 13.0. The first-order chi connectivity index (χ1) is 11.8. The molecule has 2 aromatic carbocycles. The number of hydrogen-bond donors (Lipinski definition) is 2. The predicted molar refractivity (Wildman–Crippen MR) is 82.5 cm³/mol. The van der Waals surface area contributed by atoms with E-state index in [1.807, 2.05) is 5.32 Å². The lowest BCUT2D eigenvalue weighted by Crippen LogP contribution is -2.17. The molecule has 0 saturated carbocycles. The van der Waals surface area contributed by atoms with Crippen molar-refractivity contribution in [3.8, 4) is 5.75 Å². The van der Waals surface area contributed by atoms with Gasteiger partial charge in [0.2, 0.25) is 0 Å². The van der Waals surface area contributed by atoms with Gasteiger partial charge in [0.15, 0.2) is 0 Å². The SMILES string of the molecule is O=C(Nc1cc(C(F)(F)F)c(Cl)c(C(F)(F)F)c1)c1cc(Cl)ccc1O. The van der Waals surface area contributed by atoms with Crippen LogP contribution in [-0.4, -0.2) is 11.0 Å². The molecule has 3 nitrogen and oxygen atoms in total. The van der Waals surface area contributed by atoms with Gasteiger partial charge in [0.25, 0.3) is 5.91 Å². The summed E-state index contributed by atoms with van der Waals surface area (Å²) in [5.74, 6) is -1.72. The van der Waals surface area contributed by atoms with Crippen LogP contribution in [-0.2, 0) is 12.4 Å². The van der Waals surface area contributed by atoms with Gasteiger partial charge in [0.05, 0.1) is 21.7 Å². The molecule has 0 saturated heterocycles. The van der Waals surface area contributed by atoms with Crippen LogP contribution in [0.2, 0.25) is 10.0 Å². The molecule has 0 unspecified atom stereocenters. The maximum atomic E-state index is 13.0. The Labute approximate surface area is 152 Å². The van der Waals surface area contributed by atoms with E-state index in [0.29, 0.717) is 0 Å². The molecule has 2 aromatic rings. The second-order valence-corrected chi connectivity index (χ2v) is 5.81. The summed E-state index contributed by atoms with van der Waals surface area (Å²) in [5, 5.41) is 9.95. The number of halogens is 8. The van der Waals surface area contributed by atoms with E-state index in [1.54, 1.807) is 0 Å². The van der Waals surface area contributed by atoms with Crippen LogP contribution in [0, 0.1) is 0 Å². The van der Waals surface area contributed by atoms with Crippen LogP contribution in [0.25, 0.3) is 0 Å². The minimum absolute atomic E-state index is 0.0241. The maximum Gasteiger partial charge on any atom is 0.417 e. The summed E-state index contributed by atoms with van der Waals surface area (Å²) in [6.45, 7) is 0. The van der Waals surface area contributed by atoms with Crippen molar-refractivity contribution >= 4 is 34.8 Å². The summed E-state index contributed by atoms with van der Waals surface area (Å²) in [6, 6.07) is 3.80. The van der Waals surface area contributed by atoms with Crippen molar-refractivity contribution in [1.82, 2.24) is 0 Å². The number of phenolic OH excluding ortho intramolecular Hbond substituents is 1. The highest BCUT2D eigenvalue weighted by molar-refractivity contribution is 6.32. The van der Waals surface area contributed by atoms with E-state index in [-0.39, 0.29) is 17.2 Å². The number of aromatic hydroxyl groups is 1. The van der Waals surface area contributed by atoms with Gasteiger partial charge in [0, 0.05) is 10.7 Å². The zero-order valence-electron chi connectivity index (χ0n) is 12.3. The lowest BCUT2D eigenvalue weighted by atomic mass is 10.1. The van der Waals surface area contributed by atoms with Gasteiger partial charge in [-0.2, -0.15) is 26.3 Å². The lowest BCUT2D eigenvalue weighted by molar-refractivity contribution is -0.142. The molecule has 0 bridgehead atoms. The Morgan fingerprint density at radius 2 is 1.42 bits per heavy atom. The third-order valence-electron chi connectivity index (χ3n) is 3.14. The Kier molecular flexibility index (Phi) is 5.34. The zero-order valence-corrected chi connectivity index (χ0v) is 13.8. The van der Waals surface area contributed by atoms with Crippen molar-refractivity contribution in [2.24, 2.45) is 0 Å². The number of carbonyl (C=O) groups excluding carboxylic acids is 1. The van der Waals surface area contributed by atoms with Crippen molar-refractivity contribution in [2.45, 2.75) is 12.4 Å². The number of nitrogens with one attached hydrogen (secondary N) is 1.